The summed E-state index contributed by atoms with van der Waals surface area (Å²) in [7, 11) is 0. The number of aliphatic hydroxyl groups excluding tert-OH is 1. The molecule has 1 heterocycles. The fraction of sp³-hybridized carbons (Fsp3) is 1.00. The van der Waals surface area contributed by atoms with Crippen LogP contribution in [0.1, 0.15) is 59.8 Å². The van der Waals surface area contributed by atoms with E-state index in [0.29, 0.717) is 11.8 Å². The molecular weight excluding hydrogens is 224 g/mol. The lowest BCUT2D eigenvalue weighted by atomic mass is 9.45. The smallest absolute Gasteiger partial charge is 0.0713 e. The van der Waals surface area contributed by atoms with Gasteiger partial charge >= 0.3 is 0 Å². The number of fused-ring (bicyclic) bond motifs is 3. The molecule has 0 amide bonds. The van der Waals surface area contributed by atoms with Gasteiger partial charge in [0.05, 0.1) is 11.7 Å². The predicted molar refractivity (Wildman–Crippen MR) is 72.3 cm³/mol. The maximum absolute atomic E-state index is 10.7. The summed E-state index contributed by atoms with van der Waals surface area (Å²) in [5, 5.41) is 10.7. The molecule has 0 aromatic rings. The molecule has 0 bridgehead atoms. The van der Waals surface area contributed by atoms with Gasteiger partial charge < -0.3 is 9.84 Å². The minimum Gasteiger partial charge on any atom is -0.393 e. The van der Waals surface area contributed by atoms with E-state index in [1.54, 1.807) is 0 Å². The van der Waals surface area contributed by atoms with E-state index in [2.05, 4.69) is 27.7 Å². The highest BCUT2D eigenvalue weighted by Crippen LogP contribution is 2.64. The first kappa shape index (κ1) is 12.9. The molecular formula is C16H28O2. The van der Waals surface area contributed by atoms with Crippen LogP contribution in [0.2, 0.25) is 0 Å². The summed E-state index contributed by atoms with van der Waals surface area (Å²) in [4.78, 5) is 0. The van der Waals surface area contributed by atoms with Gasteiger partial charge in [-0.3, -0.25) is 0 Å². The molecule has 1 saturated heterocycles. The van der Waals surface area contributed by atoms with Crippen LogP contribution in [0.5, 0.6) is 0 Å². The molecule has 2 heteroatoms. The van der Waals surface area contributed by atoms with E-state index >= 15 is 0 Å². The van der Waals surface area contributed by atoms with Gasteiger partial charge in [-0.15, -0.1) is 0 Å². The van der Waals surface area contributed by atoms with Gasteiger partial charge in [0.2, 0.25) is 0 Å². The van der Waals surface area contributed by atoms with Crippen molar-refractivity contribution in [2.24, 2.45) is 22.7 Å². The molecule has 0 spiro atoms. The van der Waals surface area contributed by atoms with Gasteiger partial charge in [-0.05, 0) is 48.9 Å². The molecule has 18 heavy (non-hydrogen) atoms. The Kier molecular flexibility index (Phi) is 2.68. The highest BCUT2D eigenvalue weighted by atomic mass is 16.5. The molecule has 0 aromatic carbocycles. The Bertz CT molecular complexity index is 351. The summed E-state index contributed by atoms with van der Waals surface area (Å²) in [6.07, 6.45) is 5.66. The number of ether oxygens (including phenoxy) is 1. The third-order valence-electron chi connectivity index (χ3n) is 6.46. The summed E-state index contributed by atoms with van der Waals surface area (Å²) >= 11 is 0. The number of aliphatic hydroxyl groups is 1. The van der Waals surface area contributed by atoms with Crippen LogP contribution in [0.15, 0.2) is 0 Å². The van der Waals surface area contributed by atoms with Crippen LogP contribution in [-0.2, 0) is 4.74 Å². The molecule has 3 fully saturated rings. The lowest BCUT2D eigenvalue weighted by Gasteiger charge is -2.61. The van der Waals surface area contributed by atoms with Crippen molar-refractivity contribution in [2.45, 2.75) is 71.5 Å². The average Bonchev–Trinajstić information content (AvgIpc) is 2.58. The molecule has 0 radical (unpaired) electrons. The molecule has 2 saturated carbocycles. The van der Waals surface area contributed by atoms with E-state index in [0.717, 1.165) is 13.0 Å². The van der Waals surface area contributed by atoms with Crippen molar-refractivity contribution in [1.82, 2.24) is 0 Å². The van der Waals surface area contributed by atoms with Crippen molar-refractivity contribution in [3.05, 3.63) is 0 Å². The molecule has 3 rings (SSSR count). The van der Waals surface area contributed by atoms with Gasteiger partial charge in [0.1, 0.15) is 0 Å². The summed E-state index contributed by atoms with van der Waals surface area (Å²) < 4.78 is 6.04. The van der Waals surface area contributed by atoms with E-state index in [9.17, 15) is 5.11 Å². The van der Waals surface area contributed by atoms with Crippen molar-refractivity contribution >= 4 is 0 Å². The number of hydrogen-bond donors (Lipinski definition) is 1. The van der Waals surface area contributed by atoms with Crippen LogP contribution in [-0.4, -0.2) is 23.4 Å². The maximum atomic E-state index is 10.7. The predicted octanol–water partition coefficient (Wildman–Crippen LogP) is 3.38. The van der Waals surface area contributed by atoms with Gasteiger partial charge in [0, 0.05) is 13.0 Å². The van der Waals surface area contributed by atoms with Crippen molar-refractivity contribution in [3.63, 3.8) is 0 Å². The minimum absolute atomic E-state index is 0.0713. The van der Waals surface area contributed by atoms with E-state index in [1.807, 2.05) is 0 Å². The fourth-order valence-corrected chi connectivity index (χ4v) is 6.06. The molecule has 0 unspecified atom stereocenters. The zero-order valence-electron chi connectivity index (χ0n) is 12.3. The van der Waals surface area contributed by atoms with Crippen molar-refractivity contribution < 1.29 is 9.84 Å². The van der Waals surface area contributed by atoms with Crippen molar-refractivity contribution in [2.75, 3.05) is 6.61 Å². The zero-order chi connectivity index (χ0) is 13.2. The largest absolute Gasteiger partial charge is 0.393 e. The fourth-order valence-electron chi connectivity index (χ4n) is 6.06. The van der Waals surface area contributed by atoms with E-state index in [-0.39, 0.29) is 22.5 Å². The van der Waals surface area contributed by atoms with Crippen LogP contribution >= 0.6 is 0 Å². The minimum atomic E-state index is -0.190. The Morgan fingerprint density at radius 2 is 1.83 bits per heavy atom. The highest BCUT2D eigenvalue weighted by molar-refractivity contribution is 5.12. The van der Waals surface area contributed by atoms with Crippen LogP contribution < -0.4 is 0 Å². The van der Waals surface area contributed by atoms with E-state index < -0.39 is 0 Å². The first-order valence-electron chi connectivity index (χ1n) is 7.62. The third-order valence-corrected chi connectivity index (χ3v) is 6.46. The number of hydrogen-bond acceptors (Lipinski definition) is 2. The second kappa shape index (κ2) is 3.73. The molecule has 2 nitrogen and oxygen atoms in total. The van der Waals surface area contributed by atoms with Crippen molar-refractivity contribution in [1.29, 1.82) is 0 Å². The quantitative estimate of drug-likeness (QED) is 0.716. The Labute approximate surface area is 111 Å². The standard InChI is InChI=1S/C16H28O2/c1-14(2)7-5-8-15(3)12-6-9-18-16(12,4)10-11(17)13(14)15/h11-13,17H,5-10H2,1-4H3/t11-,12+,13+,15+,16+/m0/s1. The van der Waals surface area contributed by atoms with Gasteiger partial charge in [-0.2, -0.15) is 0 Å². The topological polar surface area (TPSA) is 29.5 Å². The van der Waals surface area contributed by atoms with Crippen molar-refractivity contribution in [3.8, 4) is 0 Å². The lowest BCUT2D eigenvalue weighted by molar-refractivity contribution is -0.197. The third kappa shape index (κ3) is 1.54. The maximum Gasteiger partial charge on any atom is 0.0713 e. The Balaban J connectivity index is 2.04. The van der Waals surface area contributed by atoms with Crippen LogP contribution in [0, 0.1) is 22.7 Å². The second-order valence-electron chi connectivity index (χ2n) is 8.10. The Morgan fingerprint density at radius 3 is 2.56 bits per heavy atom. The molecule has 0 aromatic heterocycles. The molecule has 1 aliphatic heterocycles. The molecule has 104 valence electrons. The van der Waals surface area contributed by atoms with Crippen LogP contribution in [0.25, 0.3) is 0 Å². The highest BCUT2D eigenvalue weighted by Gasteiger charge is 2.63. The second-order valence-corrected chi connectivity index (χ2v) is 8.10. The summed E-state index contributed by atoms with van der Waals surface area (Å²) in [6.45, 7) is 10.3. The first-order chi connectivity index (χ1) is 8.30. The number of rotatable bonds is 0. The lowest BCUT2D eigenvalue weighted by Crippen LogP contribution is -2.61. The van der Waals surface area contributed by atoms with Gasteiger partial charge in [0.15, 0.2) is 0 Å². The average molecular weight is 252 g/mol. The Hall–Kier alpha value is -0.0800. The van der Waals surface area contributed by atoms with Gasteiger partial charge in [0.25, 0.3) is 0 Å². The monoisotopic (exact) mass is 252 g/mol. The normalized spacial score (nSPS) is 54.8. The summed E-state index contributed by atoms with van der Waals surface area (Å²) in [5.74, 6) is 1.08. The summed E-state index contributed by atoms with van der Waals surface area (Å²) in [6, 6.07) is 0. The summed E-state index contributed by atoms with van der Waals surface area (Å²) in [5.41, 5.74) is 0.471. The zero-order valence-corrected chi connectivity index (χ0v) is 12.3. The van der Waals surface area contributed by atoms with E-state index in [1.165, 1.54) is 25.7 Å². The van der Waals surface area contributed by atoms with Gasteiger partial charge in [-0.1, -0.05) is 27.2 Å². The van der Waals surface area contributed by atoms with Crippen LogP contribution in [0.3, 0.4) is 0 Å². The van der Waals surface area contributed by atoms with E-state index in [4.69, 9.17) is 4.74 Å². The Morgan fingerprint density at radius 1 is 1.11 bits per heavy atom. The van der Waals surface area contributed by atoms with Crippen LogP contribution in [0.4, 0.5) is 0 Å². The molecule has 1 N–H and O–H groups in total. The molecule has 5 atom stereocenters. The first-order valence-corrected chi connectivity index (χ1v) is 7.62. The van der Waals surface area contributed by atoms with Gasteiger partial charge in [-0.25, -0.2) is 0 Å². The molecule has 3 aliphatic rings. The molecule has 2 aliphatic carbocycles. The SMILES string of the molecule is CC1(C)CCC[C@@]2(C)[C@@H]1[C@@H](O)C[C@@]1(C)OCC[C@H]21.